The largest absolute Gasteiger partial charge is 0.490 e. The number of rotatable bonds is 4. The van der Waals surface area contributed by atoms with Gasteiger partial charge < -0.3 is 14.4 Å². The number of ether oxygens (including phenoxy) is 2. The van der Waals surface area contributed by atoms with E-state index in [0.717, 1.165) is 48.4 Å². The third-order valence-electron chi connectivity index (χ3n) is 5.77. The van der Waals surface area contributed by atoms with E-state index in [-0.39, 0.29) is 18.5 Å². The summed E-state index contributed by atoms with van der Waals surface area (Å²) in [4.78, 5) is 16.4. The molecular weight excluding hydrogens is 394 g/mol. The molecule has 1 saturated heterocycles. The van der Waals surface area contributed by atoms with E-state index >= 15 is 0 Å². The topological polar surface area (TPSA) is 82.4 Å². The number of tetrazole rings is 1. The number of likely N-dealkylation sites (tertiary alicyclic amines) is 1. The molecule has 31 heavy (non-hydrogen) atoms. The summed E-state index contributed by atoms with van der Waals surface area (Å²) in [5.41, 5.74) is 3.12. The molecule has 0 saturated carbocycles. The fourth-order valence-corrected chi connectivity index (χ4v) is 4.14. The Morgan fingerprint density at radius 1 is 1.06 bits per heavy atom. The van der Waals surface area contributed by atoms with Gasteiger partial charge in [0.25, 0.3) is 0 Å². The number of aromatic nitrogens is 4. The van der Waals surface area contributed by atoms with E-state index in [9.17, 15) is 4.79 Å². The molecule has 0 aliphatic carbocycles. The van der Waals surface area contributed by atoms with Crippen molar-refractivity contribution in [2.24, 2.45) is 0 Å². The lowest BCUT2D eigenvalue weighted by atomic mass is 10.0. The lowest BCUT2D eigenvalue weighted by molar-refractivity contribution is -0.133. The lowest BCUT2D eigenvalue weighted by Crippen LogP contribution is -2.34. The van der Waals surface area contributed by atoms with Crippen molar-refractivity contribution in [2.45, 2.75) is 38.8 Å². The molecule has 3 heterocycles. The Kier molecular flexibility index (Phi) is 5.28. The number of carbonyl (C=O) groups is 1. The van der Waals surface area contributed by atoms with Gasteiger partial charge in [0, 0.05) is 18.5 Å². The Morgan fingerprint density at radius 2 is 1.87 bits per heavy atom. The van der Waals surface area contributed by atoms with Gasteiger partial charge in [-0.3, -0.25) is 4.79 Å². The van der Waals surface area contributed by atoms with Crippen molar-refractivity contribution in [3.8, 4) is 22.9 Å². The van der Waals surface area contributed by atoms with Gasteiger partial charge in [-0.2, -0.15) is 4.80 Å². The molecule has 2 aliphatic heterocycles. The first kappa shape index (κ1) is 19.5. The number of hydrogen-bond acceptors (Lipinski definition) is 6. The normalized spacial score (nSPS) is 18.1. The molecule has 1 aromatic heterocycles. The zero-order valence-corrected chi connectivity index (χ0v) is 17.5. The van der Waals surface area contributed by atoms with Crippen molar-refractivity contribution in [1.29, 1.82) is 0 Å². The average molecular weight is 419 g/mol. The molecule has 0 N–H and O–H groups in total. The number of benzene rings is 2. The number of fused-ring (bicyclic) bond motifs is 1. The summed E-state index contributed by atoms with van der Waals surface area (Å²) in [6.45, 7) is 4.13. The van der Waals surface area contributed by atoms with E-state index in [2.05, 4.69) is 15.4 Å². The number of aryl methyl sites for hydroxylation is 1. The number of amides is 1. The highest BCUT2D eigenvalue weighted by Crippen LogP contribution is 2.38. The smallest absolute Gasteiger partial charge is 0.246 e. The molecule has 1 amide bonds. The molecule has 5 rings (SSSR count). The second-order valence-electron chi connectivity index (χ2n) is 8.01. The van der Waals surface area contributed by atoms with Crippen LogP contribution >= 0.6 is 0 Å². The van der Waals surface area contributed by atoms with E-state index in [1.165, 1.54) is 10.4 Å². The van der Waals surface area contributed by atoms with Crippen LogP contribution in [0.3, 0.4) is 0 Å². The summed E-state index contributed by atoms with van der Waals surface area (Å²) in [5, 5.41) is 12.6. The van der Waals surface area contributed by atoms with Crippen molar-refractivity contribution in [3.05, 3.63) is 53.6 Å². The monoisotopic (exact) mass is 419 g/mol. The Labute approximate surface area is 180 Å². The van der Waals surface area contributed by atoms with Crippen LogP contribution in [-0.2, 0) is 11.3 Å². The van der Waals surface area contributed by atoms with E-state index in [0.29, 0.717) is 19.0 Å². The second kappa shape index (κ2) is 8.37. The third-order valence-corrected chi connectivity index (χ3v) is 5.77. The van der Waals surface area contributed by atoms with Crippen LogP contribution in [0.5, 0.6) is 11.5 Å². The molecule has 0 radical (unpaired) electrons. The Morgan fingerprint density at radius 3 is 2.71 bits per heavy atom. The third kappa shape index (κ3) is 4.10. The van der Waals surface area contributed by atoms with Gasteiger partial charge in [0.15, 0.2) is 11.5 Å². The zero-order chi connectivity index (χ0) is 21.2. The van der Waals surface area contributed by atoms with Crippen molar-refractivity contribution < 1.29 is 14.3 Å². The molecule has 3 aromatic rings. The van der Waals surface area contributed by atoms with Crippen LogP contribution < -0.4 is 9.47 Å². The van der Waals surface area contributed by atoms with Gasteiger partial charge in [-0.15, -0.1) is 10.2 Å². The molecule has 1 atom stereocenters. The van der Waals surface area contributed by atoms with Crippen molar-refractivity contribution >= 4 is 5.91 Å². The lowest BCUT2D eigenvalue weighted by Gasteiger charge is -2.25. The number of carbonyl (C=O) groups excluding carboxylic acids is 1. The van der Waals surface area contributed by atoms with Crippen LogP contribution in [0, 0.1) is 6.92 Å². The average Bonchev–Trinajstić information content (AvgIpc) is 3.39. The summed E-state index contributed by atoms with van der Waals surface area (Å²) in [7, 11) is 0. The zero-order valence-electron chi connectivity index (χ0n) is 17.5. The Balaban J connectivity index is 1.30. The Hall–Kier alpha value is -3.42. The van der Waals surface area contributed by atoms with Gasteiger partial charge in [0.1, 0.15) is 6.54 Å². The van der Waals surface area contributed by atoms with Gasteiger partial charge in [-0.25, -0.2) is 0 Å². The maximum atomic E-state index is 13.1. The van der Waals surface area contributed by atoms with Crippen LogP contribution in [0.1, 0.15) is 36.4 Å². The van der Waals surface area contributed by atoms with Crippen molar-refractivity contribution in [1.82, 2.24) is 25.1 Å². The van der Waals surface area contributed by atoms with E-state index in [1.54, 1.807) is 0 Å². The predicted octanol–water partition coefficient (Wildman–Crippen LogP) is 3.17. The molecular formula is C23H25N5O3. The first-order chi connectivity index (χ1) is 15.2. The predicted molar refractivity (Wildman–Crippen MR) is 114 cm³/mol. The molecule has 0 bridgehead atoms. The minimum absolute atomic E-state index is 0.0116. The van der Waals surface area contributed by atoms with Crippen molar-refractivity contribution in [2.75, 3.05) is 19.8 Å². The molecule has 0 unspecified atom stereocenters. The van der Waals surface area contributed by atoms with Crippen LogP contribution in [0.4, 0.5) is 0 Å². The molecule has 8 heteroatoms. The molecule has 8 nitrogen and oxygen atoms in total. The van der Waals surface area contributed by atoms with Gasteiger partial charge in [0.2, 0.25) is 11.7 Å². The SMILES string of the molecule is Cc1ccc(-c2nnn(CC(=O)N3CCC[C@@H]3c3ccc4c(c3)OCCCO4)n2)cc1. The summed E-state index contributed by atoms with van der Waals surface area (Å²) >= 11 is 0. The van der Waals surface area contributed by atoms with Crippen LogP contribution in [0.2, 0.25) is 0 Å². The highest BCUT2D eigenvalue weighted by molar-refractivity contribution is 5.76. The quantitative estimate of drug-likeness (QED) is 0.646. The minimum Gasteiger partial charge on any atom is -0.490 e. The summed E-state index contributed by atoms with van der Waals surface area (Å²) in [5.74, 6) is 2.04. The van der Waals surface area contributed by atoms with Crippen molar-refractivity contribution in [3.63, 3.8) is 0 Å². The van der Waals surface area contributed by atoms with Gasteiger partial charge >= 0.3 is 0 Å². The first-order valence-corrected chi connectivity index (χ1v) is 10.7. The summed E-state index contributed by atoms with van der Waals surface area (Å²) in [6.07, 6.45) is 2.75. The number of nitrogens with zero attached hydrogens (tertiary/aromatic N) is 5. The van der Waals surface area contributed by atoms with Gasteiger partial charge in [-0.05, 0) is 42.7 Å². The van der Waals surface area contributed by atoms with Crippen LogP contribution in [-0.4, -0.2) is 50.8 Å². The Bertz CT molecular complexity index is 1080. The fourth-order valence-electron chi connectivity index (χ4n) is 4.14. The summed E-state index contributed by atoms with van der Waals surface area (Å²) in [6, 6.07) is 13.9. The minimum atomic E-state index is -0.0116. The van der Waals surface area contributed by atoms with Crippen LogP contribution in [0.25, 0.3) is 11.4 Å². The van der Waals surface area contributed by atoms with E-state index in [4.69, 9.17) is 9.47 Å². The number of hydrogen-bond donors (Lipinski definition) is 0. The van der Waals surface area contributed by atoms with Crippen LogP contribution in [0.15, 0.2) is 42.5 Å². The molecule has 1 fully saturated rings. The van der Waals surface area contributed by atoms with E-state index in [1.807, 2.05) is 54.3 Å². The van der Waals surface area contributed by atoms with Gasteiger partial charge in [-0.1, -0.05) is 35.9 Å². The standard InChI is InChI=1S/C23H25N5O3/c1-16-5-7-17(8-6-16)23-24-26-28(25-23)15-22(29)27-11-2-4-19(27)18-9-10-20-21(14-18)31-13-3-12-30-20/h5-10,14,19H,2-4,11-13,15H2,1H3/t19-/m1/s1. The highest BCUT2D eigenvalue weighted by Gasteiger charge is 2.31. The van der Waals surface area contributed by atoms with Gasteiger partial charge in [0.05, 0.1) is 19.3 Å². The highest BCUT2D eigenvalue weighted by atomic mass is 16.5. The maximum absolute atomic E-state index is 13.1. The second-order valence-corrected chi connectivity index (χ2v) is 8.01. The van der Waals surface area contributed by atoms with E-state index < -0.39 is 0 Å². The molecule has 160 valence electrons. The molecule has 0 spiro atoms. The summed E-state index contributed by atoms with van der Waals surface area (Å²) < 4.78 is 11.6. The first-order valence-electron chi connectivity index (χ1n) is 10.7. The molecule has 2 aromatic carbocycles. The molecule has 2 aliphatic rings. The maximum Gasteiger partial charge on any atom is 0.246 e. The fraction of sp³-hybridized carbons (Fsp3) is 0.391.